The Kier molecular flexibility index (Phi) is 8.90. The largest absolute Gasteiger partial charge is 0.346 e. The van der Waals surface area contributed by atoms with Gasteiger partial charge in [-0.25, -0.2) is 0 Å². The predicted molar refractivity (Wildman–Crippen MR) is 87.6 cm³/mol. The molecule has 1 rings (SSSR count). The second kappa shape index (κ2) is 9.26. The normalized spacial score (nSPS) is 20.8. The van der Waals surface area contributed by atoms with Crippen LogP contribution >= 0.6 is 12.4 Å². The molecule has 0 saturated carbocycles. The molecule has 1 saturated heterocycles. The van der Waals surface area contributed by atoms with Gasteiger partial charge in [-0.05, 0) is 25.8 Å². The summed E-state index contributed by atoms with van der Waals surface area (Å²) in [6.07, 6.45) is 2.96. The van der Waals surface area contributed by atoms with E-state index in [2.05, 4.69) is 19.2 Å². The molecule has 2 amide bonds. The molecule has 0 bridgehead atoms. The van der Waals surface area contributed by atoms with Gasteiger partial charge in [-0.15, -0.1) is 12.4 Å². The van der Waals surface area contributed by atoms with E-state index in [9.17, 15) is 9.59 Å². The number of carbonyl (C=O) groups excluding carboxylic acids is 2. The quantitative estimate of drug-likeness (QED) is 0.774. The Morgan fingerprint density at radius 1 is 1.10 bits per heavy atom. The maximum absolute atomic E-state index is 12.7. The van der Waals surface area contributed by atoms with Crippen LogP contribution in [-0.2, 0) is 9.59 Å². The lowest BCUT2D eigenvalue weighted by Gasteiger charge is -2.32. The lowest BCUT2D eigenvalue weighted by molar-refractivity contribution is -0.145. The lowest BCUT2D eigenvalue weighted by Crippen LogP contribution is -2.46. The van der Waals surface area contributed by atoms with Gasteiger partial charge in [0.2, 0.25) is 11.8 Å². The molecule has 1 fully saturated rings. The SMILES string of the molecule is CCCN(C)C(=O)CC1(C(=O)N(C)CCC)CCNC1.Cl. The van der Waals surface area contributed by atoms with Gasteiger partial charge in [-0.3, -0.25) is 9.59 Å². The molecule has 1 atom stereocenters. The van der Waals surface area contributed by atoms with E-state index in [4.69, 9.17) is 0 Å². The molecule has 1 aliphatic heterocycles. The van der Waals surface area contributed by atoms with Gasteiger partial charge in [0.05, 0.1) is 5.41 Å². The standard InChI is InChI=1S/C15H29N3O2.ClH/c1-5-9-17(3)13(19)11-15(7-8-16-12-15)14(20)18(4)10-6-2;/h16H,5-12H2,1-4H3;1H. The Labute approximate surface area is 134 Å². The highest BCUT2D eigenvalue weighted by Gasteiger charge is 2.44. The van der Waals surface area contributed by atoms with E-state index in [1.54, 1.807) is 9.80 Å². The first kappa shape index (κ1) is 20.2. The minimum atomic E-state index is -0.539. The third-order valence-electron chi connectivity index (χ3n) is 4.08. The van der Waals surface area contributed by atoms with E-state index in [0.29, 0.717) is 13.0 Å². The number of nitrogens with zero attached hydrogens (tertiary/aromatic N) is 2. The molecule has 0 radical (unpaired) electrons. The van der Waals surface area contributed by atoms with Crippen molar-refractivity contribution in [2.24, 2.45) is 5.41 Å². The molecule has 1 N–H and O–H groups in total. The van der Waals surface area contributed by atoms with Crippen LogP contribution in [0.5, 0.6) is 0 Å². The molecule has 0 aliphatic carbocycles. The number of hydrogen-bond acceptors (Lipinski definition) is 3. The van der Waals surface area contributed by atoms with E-state index < -0.39 is 5.41 Å². The third-order valence-corrected chi connectivity index (χ3v) is 4.08. The maximum Gasteiger partial charge on any atom is 0.230 e. The minimum Gasteiger partial charge on any atom is -0.346 e. The van der Waals surface area contributed by atoms with Crippen LogP contribution in [0.2, 0.25) is 0 Å². The highest BCUT2D eigenvalue weighted by molar-refractivity contribution is 5.89. The summed E-state index contributed by atoms with van der Waals surface area (Å²) in [6, 6.07) is 0. The average molecular weight is 320 g/mol. The Morgan fingerprint density at radius 3 is 2.14 bits per heavy atom. The summed E-state index contributed by atoms with van der Waals surface area (Å²) in [6.45, 7) is 7.04. The fraction of sp³-hybridized carbons (Fsp3) is 0.867. The Hall–Kier alpha value is -0.810. The molecular formula is C15H30ClN3O2. The van der Waals surface area contributed by atoms with Crippen molar-refractivity contribution in [2.45, 2.75) is 39.5 Å². The van der Waals surface area contributed by atoms with Crippen LogP contribution in [-0.4, -0.2) is 61.9 Å². The van der Waals surface area contributed by atoms with Gasteiger partial charge in [-0.2, -0.15) is 0 Å². The van der Waals surface area contributed by atoms with Crippen molar-refractivity contribution in [3.05, 3.63) is 0 Å². The molecule has 1 aliphatic rings. The van der Waals surface area contributed by atoms with E-state index >= 15 is 0 Å². The lowest BCUT2D eigenvalue weighted by atomic mass is 9.81. The minimum absolute atomic E-state index is 0. The summed E-state index contributed by atoms with van der Waals surface area (Å²) in [4.78, 5) is 28.5. The molecule has 0 aromatic rings. The molecule has 5 nitrogen and oxygen atoms in total. The van der Waals surface area contributed by atoms with Crippen molar-refractivity contribution in [1.29, 1.82) is 0 Å². The first-order valence-corrected chi connectivity index (χ1v) is 7.67. The smallest absolute Gasteiger partial charge is 0.230 e. The van der Waals surface area contributed by atoms with Crippen LogP contribution in [0.15, 0.2) is 0 Å². The van der Waals surface area contributed by atoms with Gasteiger partial charge in [-0.1, -0.05) is 13.8 Å². The van der Waals surface area contributed by atoms with Crippen LogP contribution in [0, 0.1) is 5.41 Å². The Balaban J connectivity index is 0.00000400. The van der Waals surface area contributed by atoms with Crippen molar-refractivity contribution < 1.29 is 9.59 Å². The fourth-order valence-corrected chi connectivity index (χ4v) is 2.88. The molecule has 0 spiro atoms. The van der Waals surface area contributed by atoms with Gasteiger partial charge in [0.25, 0.3) is 0 Å². The van der Waals surface area contributed by atoms with E-state index in [-0.39, 0.29) is 24.2 Å². The average Bonchev–Trinajstić information content (AvgIpc) is 2.88. The Bertz CT molecular complexity index is 344. The highest BCUT2D eigenvalue weighted by Crippen LogP contribution is 2.32. The van der Waals surface area contributed by atoms with Crippen LogP contribution in [0.4, 0.5) is 0 Å². The molecule has 1 unspecified atom stereocenters. The molecule has 1 heterocycles. The van der Waals surface area contributed by atoms with Crippen LogP contribution in [0.25, 0.3) is 0 Å². The van der Waals surface area contributed by atoms with Gasteiger partial charge < -0.3 is 15.1 Å². The number of rotatable bonds is 7. The van der Waals surface area contributed by atoms with Crippen molar-refractivity contribution >= 4 is 24.2 Å². The maximum atomic E-state index is 12.7. The second-order valence-corrected chi connectivity index (χ2v) is 5.93. The molecule has 0 aromatic heterocycles. The number of amides is 2. The summed E-state index contributed by atoms with van der Waals surface area (Å²) in [5.74, 6) is 0.191. The zero-order chi connectivity index (χ0) is 15.2. The zero-order valence-corrected chi connectivity index (χ0v) is 14.6. The number of carbonyl (C=O) groups is 2. The second-order valence-electron chi connectivity index (χ2n) is 5.93. The van der Waals surface area contributed by atoms with Crippen LogP contribution in [0.3, 0.4) is 0 Å². The van der Waals surface area contributed by atoms with E-state index in [0.717, 1.165) is 38.9 Å². The predicted octanol–water partition coefficient (Wildman–Crippen LogP) is 1.51. The van der Waals surface area contributed by atoms with Crippen molar-refractivity contribution in [3.63, 3.8) is 0 Å². The van der Waals surface area contributed by atoms with Crippen molar-refractivity contribution in [1.82, 2.24) is 15.1 Å². The topological polar surface area (TPSA) is 52.7 Å². The molecule has 0 aromatic carbocycles. The monoisotopic (exact) mass is 319 g/mol. The van der Waals surface area contributed by atoms with Gasteiger partial charge in [0.15, 0.2) is 0 Å². The molecule has 21 heavy (non-hydrogen) atoms. The summed E-state index contributed by atoms with van der Waals surface area (Å²) < 4.78 is 0. The fourth-order valence-electron chi connectivity index (χ4n) is 2.88. The van der Waals surface area contributed by atoms with Crippen molar-refractivity contribution in [2.75, 3.05) is 40.3 Å². The number of hydrogen-bond donors (Lipinski definition) is 1. The first-order chi connectivity index (χ1) is 9.46. The summed E-state index contributed by atoms with van der Waals surface area (Å²) >= 11 is 0. The van der Waals surface area contributed by atoms with Crippen molar-refractivity contribution in [3.8, 4) is 0 Å². The molecule has 124 valence electrons. The summed E-state index contributed by atoms with van der Waals surface area (Å²) in [5, 5.41) is 3.25. The van der Waals surface area contributed by atoms with E-state index in [1.165, 1.54) is 0 Å². The third kappa shape index (κ3) is 5.15. The highest BCUT2D eigenvalue weighted by atomic mass is 35.5. The summed E-state index contributed by atoms with van der Waals surface area (Å²) in [5.41, 5.74) is -0.539. The molecular weight excluding hydrogens is 290 g/mol. The van der Waals surface area contributed by atoms with Gasteiger partial charge >= 0.3 is 0 Å². The molecule has 6 heteroatoms. The first-order valence-electron chi connectivity index (χ1n) is 7.67. The van der Waals surface area contributed by atoms with Crippen LogP contribution < -0.4 is 5.32 Å². The summed E-state index contributed by atoms with van der Waals surface area (Å²) in [7, 11) is 3.66. The van der Waals surface area contributed by atoms with Crippen LogP contribution in [0.1, 0.15) is 39.5 Å². The van der Waals surface area contributed by atoms with Gasteiger partial charge in [0.1, 0.15) is 0 Å². The van der Waals surface area contributed by atoms with E-state index in [1.807, 2.05) is 14.1 Å². The zero-order valence-electron chi connectivity index (χ0n) is 13.8. The van der Waals surface area contributed by atoms with Gasteiger partial charge in [0, 0.05) is 40.2 Å². The number of halogens is 1. The Morgan fingerprint density at radius 2 is 1.67 bits per heavy atom. The number of nitrogens with one attached hydrogen (secondary N) is 1.